The molecule has 1 aliphatic rings. The molecule has 0 saturated carbocycles. The van der Waals surface area contributed by atoms with Crippen LogP contribution >= 0.6 is 0 Å². The Kier molecular flexibility index (Phi) is 2.86. The largest absolute Gasteiger partial charge is 0.493 e. The van der Waals surface area contributed by atoms with Gasteiger partial charge in [0.15, 0.2) is 0 Å². The molecule has 1 aromatic carbocycles. The van der Waals surface area contributed by atoms with Gasteiger partial charge in [-0.3, -0.25) is 4.79 Å². The van der Waals surface area contributed by atoms with Crippen LogP contribution in [0.1, 0.15) is 44.2 Å². The molecule has 1 aliphatic heterocycles. The van der Waals surface area contributed by atoms with E-state index >= 15 is 0 Å². The van der Waals surface area contributed by atoms with Crippen molar-refractivity contribution in [3.8, 4) is 5.75 Å². The third-order valence-electron chi connectivity index (χ3n) is 3.18. The van der Waals surface area contributed by atoms with Gasteiger partial charge in [-0.2, -0.15) is 0 Å². The summed E-state index contributed by atoms with van der Waals surface area (Å²) in [6.45, 7) is 6.81. The van der Waals surface area contributed by atoms with Crippen molar-refractivity contribution in [2.75, 3.05) is 6.61 Å². The highest BCUT2D eigenvalue weighted by Gasteiger charge is 2.31. The Morgan fingerprint density at radius 2 is 2.12 bits per heavy atom. The fraction of sp³-hybridized carbons (Fsp3) is 0.500. The molecule has 1 unspecified atom stereocenters. The lowest BCUT2D eigenvalue weighted by molar-refractivity contribution is -0.139. The Labute approximate surface area is 101 Å². The van der Waals surface area contributed by atoms with Crippen molar-refractivity contribution < 1.29 is 14.6 Å². The SMILES string of the molecule is CC(C)(C)c1cccc2c1OCCC2C(=O)O. The van der Waals surface area contributed by atoms with Gasteiger partial charge in [-0.25, -0.2) is 0 Å². The van der Waals surface area contributed by atoms with Crippen molar-refractivity contribution in [1.82, 2.24) is 0 Å². The quantitative estimate of drug-likeness (QED) is 0.812. The van der Waals surface area contributed by atoms with Crippen LogP contribution in [0.4, 0.5) is 0 Å². The number of fused-ring (bicyclic) bond motifs is 1. The minimum absolute atomic E-state index is 0.0360. The van der Waals surface area contributed by atoms with Crippen LogP contribution in [0.15, 0.2) is 18.2 Å². The van der Waals surface area contributed by atoms with Crippen molar-refractivity contribution in [3.05, 3.63) is 29.3 Å². The van der Waals surface area contributed by atoms with E-state index in [1.165, 1.54) is 0 Å². The van der Waals surface area contributed by atoms with Crippen LogP contribution in [0.3, 0.4) is 0 Å². The molecule has 0 bridgehead atoms. The molecular formula is C14H18O3. The second-order valence-corrected chi connectivity index (χ2v) is 5.50. The van der Waals surface area contributed by atoms with Crippen molar-refractivity contribution in [2.45, 2.75) is 38.5 Å². The van der Waals surface area contributed by atoms with Crippen molar-refractivity contribution in [1.29, 1.82) is 0 Å². The van der Waals surface area contributed by atoms with Gasteiger partial charge in [0, 0.05) is 5.56 Å². The lowest BCUT2D eigenvalue weighted by Crippen LogP contribution is -2.24. The van der Waals surface area contributed by atoms with Gasteiger partial charge in [0.1, 0.15) is 5.75 Å². The van der Waals surface area contributed by atoms with Crippen LogP contribution in [0.2, 0.25) is 0 Å². The summed E-state index contributed by atoms with van der Waals surface area (Å²) in [5.74, 6) is -0.416. The second kappa shape index (κ2) is 4.06. The fourth-order valence-electron chi connectivity index (χ4n) is 2.27. The van der Waals surface area contributed by atoms with E-state index in [1.807, 2.05) is 18.2 Å². The Balaban J connectivity index is 2.55. The molecule has 0 spiro atoms. The topological polar surface area (TPSA) is 46.5 Å². The first-order valence-corrected chi connectivity index (χ1v) is 5.90. The number of hydrogen-bond donors (Lipinski definition) is 1. The second-order valence-electron chi connectivity index (χ2n) is 5.50. The molecular weight excluding hydrogens is 216 g/mol. The molecule has 2 rings (SSSR count). The lowest BCUT2D eigenvalue weighted by atomic mass is 9.82. The maximum atomic E-state index is 11.2. The molecule has 0 aliphatic carbocycles. The number of rotatable bonds is 1. The maximum Gasteiger partial charge on any atom is 0.311 e. The van der Waals surface area contributed by atoms with E-state index in [1.54, 1.807) is 0 Å². The van der Waals surface area contributed by atoms with E-state index in [9.17, 15) is 9.90 Å². The van der Waals surface area contributed by atoms with E-state index in [4.69, 9.17) is 4.74 Å². The number of carboxylic acids is 1. The summed E-state index contributed by atoms with van der Waals surface area (Å²) >= 11 is 0. The van der Waals surface area contributed by atoms with Gasteiger partial charge in [0.2, 0.25) is 0 Å². The van der Waals surface area contributed by atoms with Gasteiger partial charge in [0.25, 0.3) is 0 Å². The van der Waals surface area contributed by atoms with Crippen molar-refractivity contribution in [2.24, 2.45) is 0 Å². The standard InChI is InChI=1S/C14H18O3/c1-14(2,3)11-6-4-5-9-10(13(15)16)7-8-17-12(9)11/h4-6,10H,7-8H2,1-3H3,(H,15,16). The number of aliphatic carboxylic acids is 1. The van der Waals surface area contributed by atoms with Crippen molar-refractivity contribution in [3.63, 3.8) is 0 Å². The minimum atomic E-state index is -0.763. The summed E-state index contributed by atoms with van der Waals surface area (Å²) in [7, 11) is 0. The Bertz CT molecular complexity index is 443. The highest BCUT2D eigenvalue weighted by atomic mass is 16.5. The Morgan fingerprint density at radius 1 is 1.41 bits per heavy atom. The number of carbonyl (C=O) groups is 1. The molecule has 1 heterocycles. The maximum absolute atomic E-state index is 11.2. The summed E-state index contributed by atoms with van der Waals surface area (Å²) < 4.78 is 5.70. The average molecular weight is 234 g/mol. The molecule has 0 radical (unpaired) electrons. The highest BCUT2D eigenvalue weighted by molar-refractivity contribution is 5.78. The molecule has 0 fully saturated rings. The zero-order valence-electron chi connectivity index (χ0n) is 10.5. The molecule has 1 atom stereocenters. The molecule has 3 nitrogen and oxygen atoms in total. The monoisotopic (exact) mass is 234 g/mol. The van der Waals surface area contributed by atoms with Gasteiger partial charge in [-0.1, -0.05) is 39.0 Å². The highest BCUT2D eigenvalue weighted by Crippen LogP contribution is 2.41. The minimum Gasteiger partial charge on any atom is -0.493 e. The smallest absolute Gasteiger partial charge is 0.311 e. The van der Waals surface area contributed by atoms with Gasteiger partial charge < -0.3 is 9.84 Å². The zero-order chi connectivity index (χ0) is 12.6. The van der Waals surface area contributed by atoms with Crippen LogP contribution in [0.5, 0.6) is 5.75 Å². The van der Waals surface area contributed by atoms with Crippen LogP contribution in [0, 0.1) is 0 Å². The lowest BCUT2D eigenvalue weighted by Gasteiger charge is -2.29. The van der Waals surface area contributed by atoms with E-state index < -0.39 is 11.9 Å². The molecule has 17 heavy (non-hydrogen) atoms. The van der Waals surface area contributed by atoms with E-state index in [0.29, 0.717) is 13.0 Å². The van der Waals surface area contributed by atoms with Crippen LogP contribution < -0.4 is 4.74 Å². The molecule has 3 heteroatoms. The fourth-order valence-corrected chi connectivity index (χ4v) is 2.27. The first-order chi connectivity index (χ1) is 7.91. The molecule has 0 amide bonds. The number of para-hydroxylation sites is 1. The number of carboxylic acid groups (broad SMARTS) is 1. The number of benzene rings is 1. The number of ether oxygens (including phenoxy) is 1. The van der Waals surface area contributed by atoms with Gasteiger partial charge in [-0.15, -0.1) is 0 Å². The predicted molar refractivity (Wildman–Crippen MR) is 65.6 cm³/mol. The van der Waals surface area contributed by atoms with Crippen LogP contribution in [-0.2, 0) is 10.2 Å². The molecule has 1 N–H and O–H groups in total. The zero-order valence-corrected chi connectivity index (χ0v) is 10.5. The van der Waals surface area contributed by atoms with Crippen LogP contribution in [-0.4, -0.2) is 17.7 Å². The van der Waals surface area contributed by atoms with Gasteiger partial charge in [0.05, 0.1) is 12.5 Å². The van der Waals surface area contributed by atoms with E-state index in [-0.39, 0.29) is 5.41 Å². The Hall–Kier alpha value is -1.51. The summed E-state index contributed by atoms with van der Waals surface area (Å²) in [6, 6.07) is 5.80. The first kappa shape index (κ1) is 12.0. The normalized spacial score (nSPS) is 19.4. The van der Waals surface area contributed by atoms with Crippen molar-refractivity contribution >= 4 is 5.97 Å². The summed E-state index contributed by atoms with van der Waals surface area (Å²) in [4.78, 5) is 11.2. The third-order valence-corrected chi connectivity index (χ3v) is 3.18. The average Bonchev–Trinajstić information content (AvgIpc) is 2.26. The molecule has 1 aromatic rings. The van der Waals surface area contributed by atoms with Gasteiger partial charge in [-0.05, 0) is 17.4 Å². The molecule has 0 aromatic heterocycles. The Morgan fingerprint density at radius 3 is 2.71 bits per heavy atom. The molecule has 0 saturated heterocycles. The molecule has 92 valence electrons. The summed E-state index contributed by atoms with van der Waals surface area (Å²) in [5.41, 5.74) is 1.86. The van der Waals surface area contributed by atoms with E-state index in [2.05, 4.69) is 20.8 Å². The van der Waals surface area contributed by atoms with Crippen LogP contribution in [0.25, 0.3) is 0 Å². The summed E-state index contributed by atoms with van der Waals surface area (Å²) in [6.07, 6.45) is 0.552. The third kappa shape index (κ3) is 2.14. The van der Waals surface area contributed by atoms with E-state index in [0.717, 1.165) is 16.9 Å². The number of hydrogen-bond acceptors (Lipinski definition) is 2. The summed E-state index contributed by atoms with van der Waals surface area (Å²) in [5, 5.41) is 9.22. The predicted octanol–water partition coefficient (Wildman–Crippen LogP) is 2.93. The van der Waals surface area contributed by atoms with Gasteiger partial charge >= 0.3 is 5.97 Å². The first-order valence-electron chi connectivity index (χ1n) is 5.90.